The van der Waals surface area contributed by atoms with E-state index in [0.29, 0.717) is 36.2 Å². The minimum absolute atomic E-state index is 0.150. The molecule has 0 amide bonds. The number of ether oxygens (including phenoxy) is 1. The van der Waals surface area contributed by atoms with Gasteiger partial charge in [-0.2, -0.15) is 0 Å². The molecule has 4 nitrogen and oxygen atoms in total. The predicted molar refractivity (Wildman–Crippen MR) is 129 cm³/mol. The van der Waals surface area contributed by atoms with Crippen LogP contribution in [0.15, 0.2) is 48.7 Å². The molecule has 180 valence electrons. The van der Waals surface area contributed by atoms with Gasteiger partial charge in [0, 0.05) is 35.1 Å². The molecule has 7 heteroatoms. The average Bonchev–Trinajstić information content (AvgIpc) is 2.85. The van der Waals surface area contributed by atoms with Crippen LogP contribution >= 0.6 is 0 Å². The van der Waals surface area contributed by atoms with Gasteiger partial charge in [0.2, 0.25) is 0 Å². The minimum atomic E-state index is -0.456. The van der Waals surface area contributed by atoms with E-state index in [1.54, 1.807) is 19.3 Å². The number of halogens is 3. The summed E-state index contributed by atoms with van der Waals surface area (Å²) < 4.78 is 46.9. The van der Waals surface area contributed by atoms with Gasteiger partial charge < -0.3 is 15.8 Å². The van der Waals surface area contributed by atoms with Gasteiger partial charge in [-0.15, -0.1) is 0 Å². The Kier molecular flexibility index (Phi) is 7.85. The van der Waals surface area contributed by atoms with Crippen molar-refractivity contribution in [3.63, 3.8) is 0 Å². The standard InChI is InChI=1S/C27H30F3N3O/c1-34-21-9-11-27-23(14-21)22(25(30)16-33-27)15-26(31)17-4-7-20(8-5-17)32-12-2-3-18-13-19(28)6-10-24(18)29/h2-3,6,9-11,13-14,16-17,20,26,32H,4-5,7-8,12,15,31H2,1H3/t17-,20-,26-/m1/s1. The maximum Gasteiger partial charge on any atom is 0.145 e. The topological polar surface area (TPSA) is 60.2 Å². The molecule has 1 saturated carbocycles. The number of aromatic nitrogens is 1. The van der Waals surface area contributed by atoms with Gasteiger partial charge >= 0.3 is 0 Å². The summed E-state index contributed by atoms with van der Waals surface area (Å²) in [5.74, 6) is -0.266. The zero-order valence-electron chi connectivity index (χ0n) is 19.2. The summed E-state index contributed by atoms with van der Waals surface area (Å²) >= 11 is 0. The average molecular weight is 470 g/mol. The highest BCUT2D eigenvalue weighted by Gasteiger charge is 2.26. The zero-order valence-corrected chi connectivity index (χ0v) is 19.2. The van der Waals surface area contributed by atoms with Crippen LogP contribution in [0.5, 0.6) is 5.75 Å². The normalized spacial score (nSPS) is 19.6. The van der Waals surface area contributed by atoms with Gasteiger partial charge in [-0.25, -0.2) is 13.2 Å². The number of nitrogens with two attached hydrogens (primary N) is 1. The molecule has 1 fully saturated rings. The lowest BCUT2D eigenvalue weighted by Gasteiger charge is -2.32. The number of hydrogen-bond acceptors (Lipinski definition) is 4. The summed E-state index contributed by atoms with van der Waals surface area (Å²) in [5, 5.41) is 4.20. The second-order valence-corrected chi connectivity index (χ2v) is 8.92. The molecule has 1 heterocycles. The molecule has 4 rings (SSSR count). The SMILES string of the molecule is COc1ccc2ncc(F)c(C[C@@H](N)[C@H]3CC[C@H](NCC=Cc4cc(F)ccc4F)CC3)c2c1. The number of benzene rings is 2. The molecule has 1 atom stereocenters. The Morgan fingerprint density at radius 1 is 1.09 bits per heavy atom. The summed E-state index contributed by atoms with van der Waals surface area (Å²) in [6.45, 7) is 0.577. The summed E-state index contributed by atoms with van der Waals surface area (Å²) in [6.07, 6.45) is 8.95. The third kappa shape index (κ3) is 5.77. The molecule has 0 aliphatic heterocycles. The lowest BCUT2D eigenvalue weighted by atomic mass is 9.79. The molecule has 3 aromatic rings. The van der Waals surface area contributed by atoms with Crippen LogP contribution in [0, 0.1) is 23.4 Å². The highest BCUT2D eigenvalue weighted by atomic mass is 19.1. The Morgan fingerprint density at radius 3 is 2.65 bits per heavy atom. The molecule has 1 aliphatic carbocycles. The summed E-state index contributed by atoms with van der Waals surface area (Å²) in [5.41, 5.74) is 8.11. The number of rotatable bonds is 8. The van der Waals surface area contributed by atoms with E-state index in [4.69, 9.17) is 10.5 Å². The van der Waals surface area contributed by atoms with E-state index in [1.807, 2.05) is 18.2 Å². The third-order valence-electron chi connectivity index (χ3n) is 6.73. The Balaban J connectivity index is 1.30. The quantitative estimate of drug-likeness (QED) is 0.464. The van der Waals surface area contributed by atoms with E-state index in [2.05, 4.69) is 10.3 Å². The molecular formula is C27H30F3N3O. The third-order valence-corrected chi connectivity index (χ3v) is 6.73. The summed E-state index contributed by atoms with van der Waals surface area (Å²) in [6, 6.07) is 9.07. The number of hydrogen-bond donors (Lipinski definition) is 2. The van der Waals surface area contributed by atoms with Crippen molar-refractivity contribution in [3.05, 3.63) is 77.2 Å². The number of methoxy groups -OCH3 is 1. The minimum Gasteiger partial charge on any atom is -0.497 e. The van der Waals surface area contributed by atoms with Crippen LogP contribution in [0.3, 0.4) is 0 Å². The van der Waals surface area contributed by atoms with E-state index in [1.165, 1.54) is 12.3 Å². The first-order valence-corrected chi connectivity index (χ1v) is 11.7. The van der Waals surface area contributed by atoms with Crippen molar-refractivity contribution < 1.29 is 17.9 Å². The number of nitrogens with zero attached hydrogens (tertiary/aromatic N) is 1. The van der Waals surface area contributed by atoms with Gasteiger partial charge in [0.05, 0.1) is 18.8 Å². The molecule has 0 unspecified atom stereocenters. The highest BCUT2D eigenvalue weighted by Crippen LogP contribution is 2.30. The van der Waals surface area contributed by atoms with Crippen molar-refractivity contribution in [2.24, 2.45) is 11.7 Å². The van der Waals surface area contributed by atoms with E-state index in [-0.39, 0.29) is 17.4 Å². The second kappa shape index (κ2) is 11.0. The van der Waals surface area contributed by atoms with Crippen molar-refractivity contribution in [1.82, 2.24) is 10.3 Å². The first kappa shape index (κ1) is 24.2. The maximum absolute atomic E-state index is 14.7. The lowest BCUT2D eigenvalue weighted by molar-refractivity contribution is 0.260. The molecule has 0 saturated heterocycles. The van der Waals surface area contributed by atoms with Crippen LogP contribution in [-0.2, 0) is 6.42 Å². The van der Waals surface area contributed by atoms with Crippen molar-refractivity contribution in [3.8, 4) is 5.75 Å². The first-order chi connectivity index (χ1) is 16.4. The largest absolute Gasteiger partial charge is 0.497 e. The van der Waals surface area contributed by atoms with Crippen molar-refractivity contribution >= 4 is 17.0 Å². The van der Waals surface area contributed by atoms with Gasteiger partial charge in [-0.1, -0.05) is 12.2 Å². The number of pyridine rings is 1. The van der Waals surface area contributed by atoms with Gasteiger partial charge in [0.1, 0.15) is 23.2 Å². The first-order valence-electron chi connectivity index (χ1n) is 11.7. The fraction of sp³-hybridized carbons (Fsp3) is 0.370. The van der Waals surface area contributed by atoms with Crippen LogP contribution in [0.2, 0.25) is 0 Å². The molecule has 0 spiro atoms. The number of nitrogens with one attached hydrogen (secondary N) is 1. The maximum atomic E-state index is 14.7. The van der Waals surface area contributed by atoms with Crippen LogP contribution in [0.25, 0.3) is 17.0 Å². The Bertz CT molecular complexity index is 1160. The van der Waals surface area contributed by atoms with Crippen molar-refractivity contribution in [2.45, 2.75) is 44.2 Å². The smallest absolute Gasteiger partial charge is 0.145 e. The van der Waals surface area contributed by atoms with Crippen LogP contribution in [0.1, 0.15) is 36.8 Å². The second-order valence-electron chi connectivity index (χ2n) is 8.92. The van der Waals surface area contributed by atoms with Gasteiger partial charge in [-0.05, 0) is 74.4 Å². The fourth-order valence-corrected chi connectivity index (χ4v) is 4.75. The molecule has 1 aromatic heterocycles. The van der Waals surface area contributed by atoms with Crippen LogP contribution in [-0.4, -0.2) is 30.7 Å². The fourth-order valence-electron chi connectivity index (χ4n) is 4.75. The molecule has 34 heavy (non-hydrogen) atoms. The molecular weight excluding hydrogens is 439 g/mol. The number of fused-ring (bicyclic) bond motifs is 1. The molecule has 1 aliphatic rings. The predicted octanol–water partition coefficient (Wildman–Crippen LogP) is 5.39. The Hall–Kier alpha value is -2.90. The van der Waals surface area contributed by atoms with E-state index < -0.39 is 11.6 Å². The zero-order chi connectivity index (χ0) is 24.1. The van der Waals surface area contributed by atoms with E-state index >= 15 is 0 Å². The highest BCUT2D eigenvalue weighted by molar-refractivity contribution is 5.83. The monoisotopic (exact) mass is 469 g/mol. The molecule has 2 aromatic carbocycles. The summed E-state index contributed by atoms with van der Waals surface area (Å²) in [7, 11) is 1.58. The van der Waals surface area contributed by atoms with Crippen LogP contribution < -0.4 is 15.8 Å². The Morgan fingerprint density at radius 2 is 1.88 bits per heavy atom. The van der Waals surface area contributed by atoms with E-state index in [9.17, 15) is 13.2 Å². The van der Waals surface area contributed by atoms with Crippen molar-refractivity contribution in [2.75, 3.05) is 13.7 Å². The molecule has 0 bridgehead atoms. The molecule has 3 N–H and O–H groups in total. The van der Waals surface area contributed by atoms with Gasteiger partial charge in [-0.3, -0.25) is 4.98 Å². The Labute approximate surface area is 198 Å². The molecule has 0 radical (unpaired) electrons. The van der Waals surface area contributed by atoms with E-state index in [0.717, 1.165) is 48.7 Å². The van der Waals surface area contributed by atoms with Crippen molar-refractivity contribution in [1.29, 1.82) is 0 Å². The summed E-state index contributed by atoms with van der Waals surface area (Å²) in [4.78, 5) is 4.19. The van der Waals surface area contributed by atoms with Gasteiger partial charge in [0.15, 0.2) is 0 Å². The van der Waals surface area contributed by atoms with Gasteiger partial charge in [0.25, 0.3) is 0 Å². The van der Waals surface area contributed by atoms with Crippen LogP contribution in [0.4, 0.5) is 13.2 Å². The lowest BCUT2D eigenvalue weighted by Crippen LogP contribution is -2.40.